The molecule has 2 nitrogen and oxygen atoms in total. The Morgan fingerprint density at radius 3 is 1.74 bits per heavy atom. The van der Waals surface area contributed by atoms with E-state index in [-0.39, 0.29) is 11.2 Å². The van der Waals surface area contributed by atoms with Gasteiger partial charge in [0.15, 0.2) is 0 Å². The van der Waals surface area contributed by atoms with Crippen LogP contribution in [0, 0.1) is 0 Å². The van der Waals surface area contributed by atoms with Crippen molar-refractivity contribution < 1.29 is 18.3 Å². The Balaban J connectivity index is 0.00000107. The zero-order valence-corrected chi connectivity index (χ0v) is 23.1. The molecular formula is C34H36F2O2. The Bertz CT molecular complexity index is 1410. The van der Waals surface area contributed by atoms with Crippen LogP contribution < -0.4 is 9.47 Å². The Morgan fingerprint density at radius 1 is 0.605 bits per heavy atom. The normalized spacial score (nSPS) is 12.2. The summed E-state index contributed by atoms with van der Waals surface area (Å²) in [6.45, 7) is 10.8. The molecule has 4 aromatic carbocycles. The van der Waals surface area contributed by atoms with Gasteiger partial charge < -0.3 is 9.47 Å². The fourth-order valence-corrected chi connectivity index (χ4v) is 4.93. The van der Waals surface area contributed by atoms with Gasteiger partial charge in [-0.25, -0.2) is 8.78 Å². The molecule has 1 aliphatic carbocycles. The second-order valence-corrected chi connectivity index (χ2v) is 11.4. The summed E-state index contributed by atoms with van der Waals surface area (Å²) >= 11 is 0. The summed E-state index contributed by atoms with van der Waals surface area (Å²) in [5.74, 6) is 1.77. The fraction of sp³-hybridized carbons (Fsp3) is 0.294. The molecule has 0 unspecified atom stereocenters. The van der Waals surface area contributed by atoms with Gasteiger partial charge in [0.05, 0.1) is 0 Å². The molecule has 0 aromatic heterocycles. The maximum absolute atomic E-state index is 9.62. The van der Waals surface area contributed by atoms with Crippen molar-refractivity contribution in [3.8, 4) is 44.9 Å². The van der Waals surface area contributed by atoms with E-state index in [9.17, 15) is 8.78 Å². The highest BCUT2D eigenvalue weighted by molar-refractivity contribution is 5.94. The molecule has 0 aliphatic heterocycles. The number of ether oxygens (including phenoxy) is 2. The Hall–Kier alpha value is -3.66. The lowest BCUT2D eigenvalue weighted by Gasteiger charge is -2.23. The van der Waals surface area contributed by atoms with Crippen LogP contribution >= 0.6 is 0 Å². The van der Waals surface area contributed by atoms with Gasteiger partial charge in [0.2, 0.25) is 6.93 Å². The van der Waals surface area contributed by atoms with Crippen LogP contribution in [0.1, 0.15) is 52.7 Å². The number of hydrogen-bond donors (Lipinski definition) is 0. The van der Waals surface area contributed by atoms with Crippen molar-refractivity contribution in [1.29, 1.82) is 0 Å². The molecule has 0 saturated carbocycles. The Morgan fingerprint density at radius 2 is 1.13 bits per heavy atom. The minimum absolute atomic E-state index is 0.250. The van der Waals surface area contributed by atoms with Crippen LogP contribution in [0.25, 0.3) is 33.4 Å². The summed E-state index contributed by atoms with van der Waals surface area (Å²) in [4.78, 5) is 0. The van der Waals surface area contributed by atoms with Crippen molar-refractivity contribution >= 4 is 0 Å². The molecule has 1 aliphatic rings. The van der Waals surface area contributed by atoms with E-state index >= 15 is 0 Å². The maximum atomic E-state index is 9.62. The molecule has 0 atom stereocenters. The molecule has 0 bridgehead atoms. The van der Waals surface area contributed by atoms with Crippen LogP contribution in [0.4, 0.5) is 8.78 Å². The van der Waals surface area contributed by atoms with E-state index in [1.807, 2.05) is 12.1 Å². The molecule has 0 heterocycles. The molecule has 4 aromatic rings. The predicted molar refractivity (Wildman–Crippen MR) is 153 cm³/mol. The second-order valence-electron chi connectivity index (χ2n) is 11.4. The maximum Gasteiger partial charge on any atom is 0.229 e. The minimum atomic E-state index is -1.75. The first-order chi connectivity index (χ1) is 18.0. The van der Waals surface area contributed by atoms with E-state index in [1.165, 1.54) is 38.9 Å². The van der Waals surface area contributed by atoms with Gasteiger partial charge in [0.1, 0.15) is 22.7 Å². The Kier molecular flexibility index (Phi) is 7.91. The molecule has 0 saturated heterocycles. The lowest BCUT2D eigenvalue weighted by molar-refractivity contribution is 0.130. The lowest BCUT2D eigenvalue weighted by Crippen LogP contribution is -2.22. The molecule has 198 valence electrons. The van der Waals surface area contributed by atoms with Crippen molar-refractivity contribution in [3.05, 3.63) is 96.1 Å². The topological polar surface area (TPSA) is 18.5 Å². The first-order valence-electron chi connectivity index (χ1n) is 12.9. The molecule has 0 amide bonds. The van der Waals surface area contributed by atoms with Crippen LogP contribution in [0.3, 0.4) is 0 Å². The lowest BCUT2D eigenvalue weighted by atomic mass is 9.87. The van der Waals surface area contributed by atoms with Crippen molar-refractivity contribution in [3.63, 3.8) is 0 Å². The fourth-order valence-electron chi connectivity index (χ4n) is 4.93. The van der Waals surface area contributed by atoms with Crippen LogP contribution in [0.2, 0.25) is 0 Å². The summed E-state index contributed by atoms with van der Waals surface area (Å²) in [5, 5.41) is 0. The molecule has 0 radical (unpaired) electrons. The average Bonchev–Trinajstić information content (AvgIpc) is 3.21. The van der Waals surface area contributed by atoms with Crippen molar-refractivity contribution in [2.75, 3.05) is 6.93 Å². The molecule has 4 heteroatoms. The summed E-state index contributed by atoms with van der Waals surface area (Å²) in [6.07, 6.45) is 0.928. The van der Waals surface area contributed by atoms with Gasteiger partial charge in [-0.05, 0) is 117 Å². The third-order valence-corrected chi connectivity index (χ3v) is 6.10. The number of halogens is 2. The summed E-state index contributed by atoms with van der Waals surface area (Å²) < 4.78 is 31.7. The van der Waals surface area contributed by atoms with Gasteiger partial charge in [-0.3, -0.25) is 0 Å². The zero-order chi connectivity index (χ0) is 27.5. The first-order valence-corrected chi connectivity index (χ1v) is 12.9. The van der Waals surface area contributed by atoms with E-state index in [2.05, 4.69) is 114 Å². The minimum Gasteiger partial charge on any atom is -0.488 e. The van der Waals surface area contributed by atoms with E-state index in [0.717, 1.165) is 23.5 Å². The molecule has 0 fully saturated rings. The highest BCUT2D eigenvalue weighted by Crippen LogP contribution is 2.46. The van der Waals surface area contributed by atoms with Crippen LogP contribution in [-0.2, 0) is 6.42 Å². The highest BCUT2D eigenvalue weighted by Gasteiger charge is 2.25. The zero-order valence-electron chi connectivity index (χ0n) is 23.1. The number of rotatable bonds is 4. The first kappa shape index (κ1) is 27.4. The van der Waals surface area contributed by atoms with Gasteiger partial charge in [-0.1, -0.05) is 60.7 Å². The number of alkyl halides is 2. The van der Waals surface area contributed by atoms with Crippen molar-refractivity contribution in [2.24, 2.45) is 0 Å². The third kappa shape index (κ3) is 6.42. The summed E-state index contributed by atoms with van der Waals surface area (Å²) in [7, 11) is 0. The number of hydrogen-bond acceptors (Lipinski definition) is 2. The number of fused-ring (bicyclic) bond motifs is 3. The molecule has 0 N–H and O–H groups in total. The van der Waals surface area contributed by atoms with Crippen LogP contribution in [0.5, 0.6) is 11.5 Å². The third-order valence-electron chi connectivity index (χ3n) is 6.10. The van der Waals surface area contributed by atoms with Crippen LogP contribution in [0.15, 0.2) is 84.9 Å². The van der Waals surface area contributed by atoms with E-state index in [4.69, 9.17) is 9.47 Å². The largest absolute Gasteiger partial charge is 0.488 e. The van der Waals surface area contributed by atoms with Gasteiger partial charge in [-0.15, -0.1) is 0 Å². The smallest absolute Gasteiger partial charge is 0.229 e. The second kappa shape index (κ2) is 11.0. The van der Waals surface area contributed by atoms with Crippen molar-refractivity contribution in [1.82, 2.24) is 0 Å². The highest BCUT2D eigenvalue weighted by atomic mass is 19.3. The molecular weight excluding hydrogens is 478 g/mol. The van der Waals surface area contributed by atoms with Gasteiger partial charge >= 0.3 is 0 Å². The Labute approximate surface area is 225 Å². The van der Waals surface area contributed by atoms with E-state index < -0.39 is 6.93 Å². The molecule has 0 spiro atoms. The predicted octanol–water partition coefficient (Wildman–Crippen LogP) is 9.83. The average molecular weight is 515 g/mol. The SMILES string of the molecule is CC(C)(C)Oc1cccc(-c2ccc3c(c2-c2cccc(OC(C)(C)C)c2)Cc2ccccc2-3)c1.FCF. The number of benzene rings is 4. The summed E-state index contributed by atoms with van der Waals surface area (Å²) in [6, 6.07) is 30.3. The van der Waals surface area contributed by atoms with E-state index in [1.54, 1.807) is 0 Å². The van der Waals surface area contributed by atoms with Gasteiger partial charge in [0, 0.05) is 0 Å². The molecule has 38 heavy (non-hydrogen) atoms. The van der Waals surface area contributed by atoms with Gasteiger partial charge in [-0.2, -0.15) is 0 Å². The van der Waals surface area contributed by atoms with E-state index in [0.29, 0.717) is 0 Å². The summed E-state index contributed by atoms with van der Waals surface area (Å²) in [5.41, 5.74) is 9.72. The molecule has 5 rings (SSSR count). The van der Waals surface area contributed by atoms with Crippen molar-refractivity contribution in [2.45, 2.75) is 59.2 Å². The standard InChI is InChI=1S/C33H34O2.CH2F2/c1-32(2,3)34-25-14-9-12-22(19-25)28-17-18-29-27-16-8-7-11-23(27)21-30(29)31(28)24-13-10-15-26(20-24)35-33(4,5)6;2-1-3/h7-20H,21H2,1-6H3;1H2. The van der Waals surface area contributed by atoms with Gasteiger partial charge in [0.25, 0.3) is 0 Å². The quantitative estimate of drug-likeness (QED) is 0.238. The monoisotopic (exact) mass is 514 g/mol. The van der Waals surface area contributed by atoms with Crippen LogP contribution in [-0.4, -0.2) is 18.1 Å².